The standard InChI is InChI=1S/C10H22N2O3S/c1-3-5-7-16(12,15)8-6-10(11,4-2)9(13)14/h12H,3-8,11H2,1-2H3,(H,13,14)/t10-,16?/m1/s1. The van der Waals surface area contributed by atoms with Crippen LogP contribution in [0.25, 0.3) is 0 Å². The van der Waals surface area contributed by atoms with E-state index in [9.17, 15) is 9.00 Å². The fraction of sp³-hybridized carbons (Fsp3) is 0.900. The van der Waals surface area contributed by atoms with E-state index in [1.165, 1.54) is 0 Å². The Labute approximate surface area is 97.4 Å². The molecule has 2 atom stereocenters. The predicted octanol–water partition coefficient (Wildman–Crippen LogP) is 1.42. The molecule has 0 radical (unpaired) electrons. The van der Waals surface area contributed by atoms with Crippen LogP contribution in [0, 0.1) is 4.78 Å². The molecule has 4 N–H and O–H groups in total. The highest BCUT2D eigenvalue weighted by Gasteiger charge is 2.32. The third-order valence-corrected chi connectivity index (χ3v) is 4.57. The third kappa shape index (κ3) is 4.94. The quantitative estimate of drug-likeness (QED) is 0.606. The summed E-state index contributed by atoms with van der Waals surface area (Å²) in [5.74, 6) is -0.673. The lowest BCUT2D eigenvalue weighted by Crippen LogP contribution is -2.48. The van der Waals surface area contributed by atoms with Crippen LogP contribution in [0.1, 0.15) is 39.5 Å². The number of unbranched alkanes of at least 4 members (excludes halogenated alkanes) is 1. The van der Waals surface area contributed by atoms with Crippen molar-refractivity contribution in [2.75, 3.05) is 11.5 Å². The maximum atomic E-state index is 11.7. The molecule has 0 aromatic carbocycles. The van der Waals surface area contributed by atoms with Crippen LogP contribution in [0.3, 0.4) is 0 Å². The van der Waals surface area contributed by atoms with Gasteiger partial charge in [-0.15, -0.1) is 0 Å². The number of hydrogen-bond acceptors (Lipinski definition) is 4. The van der Waals surface area contributed by atoms with E-state index in [4.69, 9.17) is 15.6 Å². The first-order chi connectivity index (χ1) is 7.27. The van der Waals surface area contributed by atoms with Crippen LogP contribution >= 0.6 is 0 Å². The first-order valence-corrected chi connectivity index (χ1v) is 7.43. The molecule has 0 aliphatic heterocycles. The van der Waals surface area contributed by atoms with Crippen LogP contribution in [-0.4, -0.2) is 32.3 Å². The number of nitrogens with one attached hydrogen (secondary N) is 1. The van der Waals surface area contributed by atoms with Crippen molar-refractivity contribution in [1.29, 1.82) is 4.78 Å². The lowest BCUT2D eigenvalue weighted by Gasteiger charge is -2.23. The van der Waals surface area contributed by atoms with Gasteiger partial charge in [0.05, 0.1) is 0 Å². The molecule has 0 fully saturated rings. The summed E-state index contributed by atoms with van der Waals surface area (Å²) < 4.78 is 19.4. The Bertz CT molecular complexity index is 327. The minimum atomic E-state index is -2.66. The third-order valence-electron chi connectivity index (χ3n) is 2.76. The highest BCUT2D eigenvalue weighted by atomic mass is 32.2. The Kier molecular flexibility index (Phi) is 5.96. The lowest BCUT2D eigenvalue weighted by molar-refractivity contribution is -0.143. The van der Waals surface area contributed by atoms with Gasteiger partial charge in [-0.2, -0.15) is 0 Å². The maximum Gasteiger partial charge on any atom is 0.323 e. The Morgan fingerprint density at radius 2 is 2.00 bits per heavy atom. The van der Waals surface area contributed by atoms with E-state index in [-0.39, 0.29) is 18.6 Å². The Hall–Kier alpha value is -0.620. The molecule has 16 heavy (non-hydrogen) atoms. The van der Waals surface area contributed by atoms with Crippen LogP contribution in [0.4, 0.5) is 0 Å². The van der Waals surface area contributed by atoms with Gasteiger partial charge in [-0.1, -0.05) is 20.3 Å². The summed E-state index contributed by atoms with van der Waals surface area (Å²) in [4.78, 5) is 10.9. The van der Waals surface area contributed by atoms with Gasteiger partial charge in [-0.3, -0.25) is 9.57 Å². The smallest absolute Gasteiger partial charge is 0.323 e. The summed E-state index contributed by atoms with van der Waals surface area (Å²) in [6.07, 6.45) is 2.01. The van der Waals surface area contributed by atoms with E-state index in [1.54, 1.807) is 6.92 Å². The van der Waals surface area contributed by atoms with Gasteiger partial charge >= 0.3 is 5.97 Å². The molecule has 6 heteroatoms. The van der Waals surface area contributed by atoms with Crippen molar-refractivity contribution in [3.05, 3.63) is 0 Å². The molecule has 0 aromatic rings. The normalized spacial score (nSPS) is 18.7. The molecule has 0 spiro atoms. The molecule has 0 bridgehead atoms. The van der Waals surface area contributed by atoms with Crippen molar-refractivity contribution in [2.24, 2.45) is 5.73 Å². The zero-order valence-electron chi connectivity index (χ0n) is 9.99. The van der Waals surface area contributed by atoms with Gasteiger partial charge in [-0.05, 0) is 19.3 Å². The number of hydrogen-bond donors (Lipinski definition) is 3. The number of rotatable bonds is 8. The van der Waals surface area contributed by atoms with Gasteiger partial charge in [0.25, 0.3) is 0 Å². The summed E-state index contributed by atoms with van der Waals surface area (Å²) in [6, 6.07) is 0. The second kappa shape index (κ2) is 6.20. The molecule has 0 aliphatic rings. The summed E-state index contributed by atoms with van der Waals surface area (Å²) in [7, 11) is -2.66. The van der Waals surface area contributed by atoms with E-state index < -0.39 is 21.2 Å². The molecule has 96 valence electrons. The monoisotopic (exact) mass is 250 g/mol. The van der Waals surface area contributed by atoms with Gasteiger partial charge in [-0.25, -0.2) is 4.21 Å². The number of carbonyl (C=O) groups is 1. The van der Waals surface area contributed by atoms with Crippen LogP contribution in [0.15, 0.2) is 0 Å². The van der Waals surface area contributed by atoms with Crippen LogP contribution in [0.2, 0.25) is 0 Å². The molecule has 0 heterocycles. The average molecular weight is 250 g/mol. The van der Waals surface area contributed by atoms with E-state index in [1.807, 2.05) is 6.92 Å². The Balaban J connectivity index is 4.37. The minimum absolute atomic E-state index is 0.0731. The van der Waals surface area contributed by atoms with Gasteiger partial charge in [0.1, 0.15) is 5.54 Å². The molecule has 0 saturated carbocycles. The van der Waals surface area contributed by atoms with E-state index in [2.05, 4.69) is 0 Å². The van der Waals surface area contributed by atoms with Crippen molar-refractivity contribution in [1.82, 2.24) is 0 Å². The van der Waals surface area contributed by atoms with Crippen molar-refractivity contribution < 1.29 is 14.1 Å². The van der Waals surface area contributed by atoms with Crippen LogP contribution < -0.4 is 5.73 Å². The second-order valence-electron chi connectivity index (χ2n) is 4.14. The SMILES string of the molecule is CCCCS(=N)(=O)CC[C@](N)(CC)C(=O)O. The van der Waals surface area contributed by atoms with Gasteiger partial charge < -0.3 is 10.8 Å². The fourth-order valence-electron chi connectivity index (χ4n) is 1.26. The van der Waals surface area contributed by atoms with E-state index in [0.717, 1.165) is 12.8 Å². The summed E-state index contributed by atoms with van der Waals surface area (Å²) >= 11 is 0. The number of nitrogens with two attached hydrogens (primary N) is 1. The first kappa shape index (κ1) is 15.4. The maximum absolute atomic E-state index is 11.7. The number of aliphatic carboxylic acids is 1. The second-order valence-corrected chi connectivity index (χ2v) is 6.58. The van der Waals surface area contributed by atoms with E-state index in [0.29, 0.717) is 5.75 Å². The summed E-state index contributed by atoms with van der Waals surface area (Å²) in [6.45, 7) is 3.65. The summed E-state index contributed by atoms with van der Waals surface area (Å²) in [5.41, 5.74) is 4.33. The number of carboxylic acid groups (broad SMARTS) is 1. The Morgan fingerprint density at radius 3 is 2.38 bits per heavy atom. The topological polar surface area (TPSA) is 104 Å². The van der Waals surface area contributed by atoms with Crippen molar-refractivity contribution >= 4 is 15.7 Å². The molecule has 0 amide bonds. The van der Waals surface area contributed by atoms with Crippen LogP contribution in [-0.2, 0) is 14.5 Å². The fourth-order valence-corrected chi connectivity index (χ4v) is 2.91. The molecule has 0 aliphatic carbocycles. The summed E-state index contributed by atoms with van der Waals surface area (Å²) in [5, 5.41) is 8.93. The highest BCUT2D eigenvalue weighted by Crippen LogP contribution is 2.14. The van der Waals surface area contributed by atoms with Gasteiger partial charge in [0, 0.05) is 21.2 Å². The molecule has 0 aromatic heterocycles. The zero-order chi connectivity index (χ0) is 12.8. The average Bonchev–Trinajstić information content (AvgIpc) is 2.23. The molecule has 0 saturated heterocycles. The van der Waals surface area contributed by atoms with Crippen LogP contribution in [0.5, 0.6) is 0 Å². The Morgan fingerprint density at radius 1 is 1.44 bits per heavy atom. The highest BCUT2D eigenvalue weighted by molar-refractivity contribution is 7.92. The lowest BCUT2D eigenvalue weighted by atomic mass is 9.95. The van der Waals surface area contributed by atoms with Gasteiger partial charge in [0.15, 0.2) is 0 Å². The molecule has 1 unspecified atom stereocenters. The molecule has 0 rings (SSSR count). The number of carboxylic acids is 1. The van der Waals surface area contributed by atoms with Crippen molar-refractivity contribution in [2.45, 2.75) is 45.1 Å². The molecule has 5 nitrogen and oxygen atoms in total. The predicted molar refractivity (Wildman–Crippen MR) is 65.0 cm³/mol. The largest absolute Gasteiger partial charge is 0.480 e. The minimum Gasteiger partial charge on any atom is -0.480 e. The van der Waals surface area contributed by atoms with E-state index >= 15 is 0 Å². The molecular formula is C10H22N2O3S. The molecular weight excluding hydrogens is 228 g/mol. The zero-order valence-corrected chi connectivity index (χ0v) is 10.8. The van der Waals surface area contributed by atoms with Crippen molar-refractivity contribution in [3.63, 3.8) is 0 Å². The van der Waals surface area contributed by atoms with Gasteiger partial charge in [0.2, 0.25) is 0 Å². The first-order valence-electron chi connectivity index (χ1n) is 5.54. The van der Waals surface area contributed by atoms with Crippen molar-refractivity contribution in [3.8, 4) is 0 Å².